The molecule has 0 aliphatic carbocycles. The predicted octanol–water partition coefficient (Wildman–Crippen LogP) is 2.18. The highest BCUT2D eigenvalue weighted by Gasteiger charge is 2.18. The highest BCUT2D eigenvalue weighted by molar-refractivity contribution is 7.89. The van der Waals surface area contributed by atoms with E-state index >= 15 is 0 Å². The molecule has 27 heavy (non-hydrogen) atoms. The number of nitrogens with one attached hydrogen (secondary N) is 2. The number of aromatic nitrogens is 2. The zero-order valence-corrected chi connectivity index (χ0v) is 16.1. The second-order valence-electron chi connectivity index (χ2n) is 6.38. The number of fused-ring (bicyclic) bond motifs is 1. The van der Waals surface area contributed by atoms with Crippen molar-refractivity contribution in [2.75, 3.05) is 20.6 Å². The van der Waals surface area contributed by atoms with Gasteiger partial charge in [0, 0.05) is 32.6 Å². The molecule has 0 atom stereocenters. The first-order chi connectivity index (χ1) is 12.9. The molecule has 1 heterocycles. The molecular formula is C19H22N4O3S. The van der Waals surface area contributed by atoms with Crippen molar-refractivity contribution in [2.45, 2.75) is 17.7 Å². The van der Waals surface area contributed by atoms with Crippen LogP contribution >= 0.6 is 0 Å². The van der Waals surface area contributed by atoms with Gasteiger partial charge in [-0.3, -0.25) is 4.79 Å². The van der Waals surface area contributed by atoms with Crippen LogP contribution in [0.5, 0.6) is 0 Å². The number of carbonyl (C=O) groups excluding carboxylic acids is 1. The number of hydrogen-bond donors (Lipinski definition) is 2. The van der Waals surface area contributed by atoms with E-state index in [1.165, 1.54) is 26.2 Å². The summed E-state index contributed by atoms with van der Waals surface area (Å²) in [6, 6.07) is 13.9. The summed E-state index contributed by atoms with van der Waals surface area (Å²) in [5, 5.41) is 2.82. The van der Waals surface area contributed by atoms with Crippen molar-refractivity contribution in [3.63, 3.8) is 0 Å². The second kappa shape index (κ2) is 7.89. The lowest BCUT2D eigenvalue weighted by atomic mass is 10.2. The van der Waals surface area contributed by atoms with Gasteiger partial charge in [-0.25, -0.2) is 17.7 Å². The minimum absolute atomic E-state index is 0.0995. The summed E-state index contributed by atoms with van der Waals surface area (Å²) in [6.07, 6.45) is 1.44. The fraction of sp³-hybridized carbons (Fsp3) is 0.263. The van der Waals surface area contributed by atoms with E-state index in [-0.39, 0.29) is 10.8 Å². The van der Waals surface area contributed by atoms with E-state index in [0.717, 1.165) is 27.6 Å². The van der Waals surface area contributed by atoms with E-state index in [1.807, 2.05) is 24.3 Å². The molecule has 0 fully saturated rings. The van der Waals surface area contributed by atoms with Crippen molar-refractivity contribution in [1.82, 2.24) is 19.6 Å². The van der Waals surface area contributed by atoms with Crippen LogP contribution < -0.4 is 5.32 Å². The highest BCUT2D eigenvalue weighted by Crippen LogP contribution is 2.15. The first kappa shape index (κ1) is 19.1. The summed E-state index contributed by atoms with van der Waals surface area (Å²) in [4.78, 5) is 20.2. The van der Waals surface area contributed by atoms with E-state index in [9.17, 15) is 13.2 Å². The van der Waals surface area contributed by atoms with Crippen LogP contribution in [0.3, 0.4) is 0 Å². The normalized spacial score (nSPS) is 11.8. The summed E-state index contributed by atoms with van der Waals surface area (Å²) in [7, 11) is -0.649. The SMILES string of the molecule is CN(C)S(=O)(=O)c1cccc(C(=O)NCCCc2nc3ccccc3[nH]2)c1. The Morgan fingerprint density at radius 1 is 1.15 bits per heavy atom. The maximum Gasteiger partial charge on any atom is 0.251 e. The number of para-hydroxylation sites is 2. The average molecular weight is 386 g/mol. The Labute approximate surface area is 158 Å². The average Bonchev–Trinajstić information content (AvgIpc) is 3.08. The van der Waals surface area contributed by atoms with Gasteiger partial charge in [0.25, 0.3) is 5.91 Å². The maximum atomic E-state index is 12.3. The van der Waals surface area contributed by atoms with Gasteiger partial charge in [-0.05, 0) is 36.8 Å². The number of rotatable bonds is 7. The van der Waals surface area contributed by atoms with E-state index in [2.05, 4.69) is 15.3 Å². The third-order valence-electron chi connectivity index (χ3n) is 4.19. The van der Waals surface area contributed by atoms with E-state index in [0.29, 0.717) is 18.5 Å². The van der Waals surface area contributed by atoms with Gasteiger partial charge in [0.2, 0.25) is 10.0 Å². The van der Waals surface area contributed by atoms with E-state index in [4.69, 9.17) is 0 Å². The van der Waals surface area contributed by atoms with Crippen molar-refractivity contribution in [3.05, 3.63) is 59.9 Å². The quantitative estimate of drug-likeness (QED) is 0.609. The van der Waals surface area contributed by atoms with Gasteiger partial charge >= 0.3 is 0 Å². The number of sulfonamides is 1. The third-order valence-corrected chi connectivity index (χ3v) is 6.00. The van der Waals surface area contributed by atoms with Crippen molar-refractivity contribution in [3.8, 4) is 0 Å². The molecule has 3 aromatic rings. The van der Waals surface area contributed by atoms with Gasteiger partial charge in [-0.2, -0.15) is 0 Å². The number of aryl methyl sites for hydroxylation is 1. The third kappa shape index (κ3) is 4.35. The van der Waals surface area contributed by atoms with Crippen LogP contribution in [0.25, 0.3) is 11.0 Å². The van der Waals surface area contributed by atoms with Crippen LogP contribution in [-0.2, 0) is 16.4 Å². The molecule has 7 nitrogen and oxygen atoms in total. The molecule has 2 N–H and O–H groups in total. The number of nitrogens with zero attached hydrogens (tertiary/aromatic N) is 2. The van der Waals surface area contributed by atoms with Crippen LogP contribution in [-0.4, -0.2) is 49.2 Å². The Balaban J connectivity index is 1.56. The molecule has 0 unspecified atom stereocenters. The Bertz CT molecular complexity index is 1020. The van der Waals surface area contributed by atoms with Gasteiger partial charge in [-0.1, -0.05) is 18.2 Å². The monoisotopic (exact) mass is 386 g/mol. The highest BCUT2D eigenvalue weighted by atomic mass is 32.2. The predicted molar refractivity (Wildman–Crippen MR) is 104 cm³/mol. The second-order valence-corrected chi connectivity index (χ2v) is 8.53. The number of imidazole rings is 1. The van der Waals surface area contributed by atoms with Gasteiger partial charge < -0.3 is 10.3 Å². The van der Waals surface area contributed by atoms with Gasteiger partial charge in [0.05, 0.1) is 15.9 Å². The summed E-state index contributed by atoms with van der Waals surface area (Å²) in [5.41, 5.74) is 2.24. The summed E-state index contributed by atoms with van der Waals surface area (Å²) in [6.45, 7) is 0.473. The smallest absolute Gasteiger partial charge is 0.251 e. The van der Waals surface area contributed by atoms with Crippen LogP contribution in [0.1, 0.15) is 22.6 Å². The van der Waals surface area contributed by atoms with Crippen molar-refractivity contribution in [2.24, 2.45) is 0 Å². The zero-order chi connectivity index (χ0) is 19.4. The molecule has 8 heteroatoms. The van der Waals surface area contributed by atoms with Gasteiger partial charge in [0.15, 0.2) is 0 Å². The minimum Gasteiger partial charge on any atom is -0.352 e. The van der Waals surface area contributed by atoms with Crippen LogP contribution in [0, 0.1) is 0 Å². The van der Waals surface area contributed by atoms with Crippen molar-refractivity contribution in [1.29, 1.82) is 0 Å². The molecule has 0 saturated carbocycles. The Morgan fingerprint density at radius 3 is 2.67 bits per heavy atom. The molecule has 0 radical (unpaired) electrons. The first-order valence-corrected chi connectivity index (χ1v) is 10.1. The maximum absolute atomic E-state index is 12.3. The number of benzene rings is 2. The number of hydrogen-bond acceptors (Lipinski definition) is 4. The molecule has 0 bridgehead atoms. The number of amides is 1. The Hall–Kier alpha value is -2.71. The summed E-state index contributed by atoms with van der Waals surface area (Å²) < 4.78 is 25.5. The fourth-order valence-corrected chi connectivity index (χ4v) is 3.64. The largest absolute Gasteiger partial charge is 0.352 e. The van der Waals surface area contributed by atoms with E-state index in [1.54, 1.807) is 12.1 Å². The van der Waals surface area contributed by atoms with Crippen LogP contribution in [0.2, 0.25) is 0 Å². The first-order valence-electron chi connectivity index (χ1n) is 8.62. The Kier molecular flexibility index (Phi) is 5.57. The fourth-order valence-electron chi connectivity index (χ4n) is 2.69. The molecular weight excluding hydrogens is 364 g/mol. The van der Waals surface area contributed by atoms with Crippen LogP contribution in [0.4, 0.5) is 0 Å². The lowest BCUT2D eigenvalue weighted by Gasteiger charge is -2.12. The van der Waals surface area contributed by atoms with Crippen molar-refractivity contribution < 1.29 is 13.2 Å². The number of aromatic amines is 1. The molecule has 0 saturated heterocycles. The topological polar surface area (TPSA) is 95.2 Å². The minimum atomic E-state index is -3.57. The number of carbonyl (C=O) groups is 1. The van der Waals surface area contributed by atoms with Gasteiger partial charge in [-0.15, -0.1) is 0 Å². The zero-order valence-electron chi connectivity index (χ0n) is 15.3. The molecule has 0 aliphatic heterocycles. The van der Waals surface area contributed by atoms with Crippen LogP contribution in [0.15, 0.2) is 53.4 Å². The standard InChI is InChI=1S/C19H22N4O3S/c1-23(2)27(25,26)15-8-5-7-14(13-15)19(24)20-12-6-11-18-21-16-9-3-4-10-17(16)22-18/h3-5,7-10,13H,6,11-12H2,1-2H3,(H,20,24)(H,21,22). The molecule has 2 aromatic carbocycles. The molecule has 1 amide bonds. The van der Waals surface area contributed by atoms with Gasteiger partial charge in [0.1, 0.15) is 5.82 Å². The molecule has 0 spiro atoms. The molecule has 0 aliphatic rings. The number of H-pyrrole nitrogens is 1. The van der Waals surface area contributed by atoms with E-state index < -0.39 is 10.0 Å². The lowest BCUT2D eigenvalue weighted by Crippen LogP contribution is -2.26. The molecule has 142 valence electrons. The summed E-state index contributed by atoms with van der Waals surface area (Å²) in [5.74, 6) is 0.583. The lowest BCUT2D eigenvalue weighted by molar-refractivity contribution is 0.0953. The molecule has 3 rings (SSSR count). The van der Waals surface area contributed by atoms with Crippen molar-refractivity contribution >= 4 is 27.0 Å². The Morgan fingerprint density at radius 2 is 1.93 bits per heavy atom. The summed E-state index contributed by atoms with van der Waals surface area (Å²) >= 11 is 0. The molecule has 1 aromatic heterocycles.